The largest absolute Gasteiger partial charge is 0.490 e. The van der Waals surface area contributed by atoms with Crippen LogP contribution in [0.1, 0.15) is 72.1 Å². The molecular formula is C37H43ClN4O6S. The Morgan fingerprint density at radius 2 is 2.10 bits per heavy atom. The fourth-order valence-corrected chi connectivity index (χ4v) is 9.77. The maximum absolute atomic E-state index is 14.2. The number of methoxy groups -OCH3 is 1. The van der Waals surface area contributed by atoms with Crippen LogP contribution >= 0.6 is 11.6 Å². The Morgan fingerprint density at radius 3 is 2.90 bits per heavy atom. The van der Waals surface area contributed by atoms with Gasteiger partial charge in [-0.05, 0) is 98.2 Å². The third-order valence-corrected chi connectivity index (χ3v) is 12.7. The number of oxazole rings is 1. The summed E-state index contributed by atoms with van der Waals surface area (Å²) in [6, 6.07) is 11.6. The van der Waals surface area contributed by atoms with Crippen molar-refractivity contribution in [2.75, 3.05) is 37.5 Å². The predicted molar refractivity (Wildman–Crippen MR) is 188 cm³/mol. The number of benzene rings is 2. The Labute approximate surface area is 292 Å². The number of rotatable bonds is 5. The van der Waals surface area contributed by atoms with Crippen LogP contribution in [0.2, 0.25) is 5.02 Å². The first-order valence-electron chi connectivity index (χ1n) is 17.2. The predicted octanol–water partition coefficient (Wildman–Crippen LogP) is 6.46. The molecule has 2 aromatic carbocycles. The molecular weight excluding hydrogens is 664 g/mol. The van der Waals surface area contributed by atoms with Gasteiger partial charge in [-0.3, -0.25) is 14.3 Å². The van der Waals surface area contributed by atoms with Gasteiger partial charge in [0.15, 0.2) is 6.39 Å². The number of nitrogens with one attached hydrogen (secondary N) is 1. The van der Waals surface area contributed by atoms with Gasteiger partial charge >= 0.3 is 0 Å². The molecule has 2 bridgehead atoms. The van der Waals surface area contributed by atoms with E-state index in [1.807, 2.05) is 18.2 Å². The minimum atomic E-state index is -3.42. The lowest BCUT2D eigenvalue weighted by Gasteiger charge is -2.46. The number of fused-ring (bicyclic) bond motifs is 4. The molecule has 10 nitrogen and oxygen atoms in total. The molecule has 2 amide bonds. The van der Waals surface area contributed by atoms with Crippen molar-refractivity contribution in [2.45, 2.75) is 69.3 Å². The van der Waals surface area contributed by atoms with Gasteiger partial charge in [-0.25, -0.2) is 9.19 Å². The van der Waals surface area contributed by atoms with E-state index >= 15 is 0 Å². The van der Waals surface area contributed by atoms with Crippen LogP contribution in [0.25, 0.3) is 0 Å². The van der Waals surface area contributed by atoms with Gasteiger partial charge in [-0.15, -0.1) is 4.36 Å². The van der Waals surface area contributed by atoms with Crippen LogP contribution in [0.4, 0.5) is 5.69 Å². The Hall–Kier alpha value is -3.67. The molecule has 7 rings (SSSR count). The smallest absolute Gasteiger partial charge is 0.286 e. The summed E-state index contributed by atoms with van der Waals surface area (Å²) >= 11 is 6.44. The molecule has 260 valence electrons. The Morgan fingerprint density at radius 1 is 1.20 bits per heavy atom. The van der Waals surface area contributed by atoms with Crippen molar-refractivity contribution in [3.63, 3.8) is 0 Å². The number of carbonyl (C=O) groups excluding carboxylic acids is 2. The fourth-order valence-electron chi connectivity index (χ4n) is 7.95. The first-order chi connectivity index (χ1) is 23.7. The summed E-state index contributed by atoms with van der Waals surface area (Å²) in [5, 5.41) is 0.740. The summed E-state index contributed by atoms with van der Waals surface area (Å²) in [4.78, 5) is 33.2. The standard InChI is InChI=1S/C37H43ClN4O6S/c1-46-33-7-3-2-4-17-49(45,40-35(43)15-11-29-21-47-24-39-29)41-36(44)26-9-14-34-32(19-26)42(20-27-8-12-30(27)33)22-37(23-48-34)16-5-6-25-18-28(38)10-13-31(25)37/h3,7,9-10,13-14,18-19,21,24,27,30,33H,2,4-6,8,11-12,15-17,20,22-23H2,1H3,(H,40,41,43,44,45)/b7-3+/t27-,30+,33-,37-,49?/m0/s1. The number of aromatic nitrogens is 1. The number of hydrogen-bond donors (Lipinski definition) is 1. The molecule has 2 aliphatic carbocycles. The lowest BCUT2D eigenvalue weighted by atomic mass is 9.68. The van der Waals surface area contributed by atoms with Gasteiger partial charge in [0.2, 0.25) is 5.91 Å². The molecule has 5 atom stereocenters. The van der Waals surface area contributed by atoms with Crippen molar-refractivity contribution >= 4 is 39.0 Å². The monoisotopic (exact) mass is 706 g/mol. The first-order valence-corrected chi connectivity index (χ1v) is 19.3. The lowest BCUT2D eigenvalue weighted by molar-refractivity contribution is -0.119. The molecule has 1 spiro atoms. The van der Waals surface area contributed by atoms with Crippen LogP contribution < -0.4 is 14.4 Å². The highest BCUT2D eigenvalue weighted by atomic mass is 35.5. The maximum atomic E-state index is 14.2. The quantitative estimate of drug-likeness (QED) is 0.300. The summed E-state index contributed by atoms with van der Waals surface area (Å²) in [5.74, 6) is 0.388. The number of carbonyl (C=O) groups is 2. The Bertz CT molecular complexity index is 1850. The number of allylic oxidation sites excluding steroid dienone is 1. The van der Waals surface area contributed by atoms with Gasteiger partial charge < -0.3 is 18.8 Å². The van der Waals surface area contributed by atoms with Crippen LogP contribution in [-0.4, -0.2) is 59.7 Å². The normalized spacial score (nSPS) is 29.0. The summed E-state index contributed by atoms with van der Waals surface area (Å²) in [7, 11) is -1.66. The van der Waals surface area contributed by atoms with Crippen LogP contribution in [0, 0.1) is 11.8 Å². The van der Waals surface area contributed by atoms with E-state index < -0.39 is 21.7 Å². The highest BCUT2D eigenvalue weighted by molar-refractivity contribution is 7.92. The molecule has 2 aliphatic heterocycles. The van der Waals surface area contributed by atoms with Gasteiger partial charge in [0.1, 0.15) is 21.9 Å². The number of anilines is 1. The van der Waals surface area contributed by atoms with E-state index in [1.165, 1.54) is 23.8 Å². The fraction of sp³-hybridized carbons (Fsp3) is 0.486. The van der Waals surface area contributed by atoms with Crippen molar-refractivity contribution in [3.05, 3.63) is 88.6 Å². The zero-order valence-electron chi connectivity index (χ0n) is 27.8. The summed E-state index contributed by atoms with van der Waals surface area (Å²) in [6.45, 7) is 2.01. The third-order valence-electron chi connectivity index (χ3n) is 10.6. The van der Waals surface area contributed by atoms with Crippen molar-refractivity contribution in [1.29, 1.82) is 0 Å². The number of aryl methyl sites for hydroxylation is 2. The minimum Gasteiger partial charge on any atom is -0.490 e. The molecule has 1 saturated carbocycles. The molecule has 49 heavy (non-hydrogen) atoms. The number of ether oxygens (including phenoxy) is 2. The minimum absolute atomic E-state index is 0.0352. The Balaban J connectivity index is 1.25. The molecule has 3 aromatic rings. The van der Waals surface area contributed by atoms with E-state index in [2.05, 4.69) is 43.3 Å². The van der Waals surface area contributed by atoms with Crippen molar-refractivity contribution < 1.29 is 27.7 Å². The van der Waals surface area contributed by atoms with E-state index in [-0.39, 0.29) is 23.7 Å². The molecule has 1 unspecified atom stereocenters. The van der Waals surface area contributed by atoms with Gasteiger partial charge in [0.05, 0.1) is 29.8 Å². The summed E-state index contributed by atoms with van der Waals surface area (Å²) in [5.41, 5.74) is 4.02. The number of halogens is 1. The molecule has 4 aliphatic rings. The molecule has 1 aromatic heterocycles. The van der Waals surface area contributed by atoms with E-state index in [0.29, 0.717) is 54.7 Å². The number of hydrogen-bond acceptors (Lipinski definition) is 8. The molecule has 0 saturated heterocycles. The highest BCUT2D eigenvalue weighted by Gasteiger charge is 2.44. The topological polar surface area (TPSA) is 123 Å². The van der Waals surface area contributed by atoms with Crippen LogP contribution in [0.5, 0.6) is 5.75 Å². The molecule has 1 N–H and O–H groups in total. The number of amides is 2. The Kier molecular flexibility index (Phi) is 9.86. The zero-order valence-corrected chi connectivity index (χ0v) is 29.3. The van der Waals surface area contributed by atoms with Gasteiger partial charge in [0, 0.05) is 49.0 Å². The van der Waals surface area contributed by atoms with Crippen LogP contribution in [-0.2, 0) is 37.7 Å². The van der Waals surface area contributed by atoms with Crippen molar-refractivity contribution in [2.24, 2.45) is 16.2 Å². The van der Waals surface area contributed by atoms with Gasteiger partial charge in [-0.1, -0.05) is 29.8 Å². The highest BCUT2D eigenvalue weighted by Crippen LogP contribution is 2.47. The molecule has 1 fully saturated rings. The second kappa shape index (κ2) is 14.3. The molecule has 3 heterocycles. The summed E-state index contributed by atoms with van der Waals surface area (Å²) < 4.78 is 38.6. The zero-order chi connectivity index (χ0) is 34.0. The maximum Gasteiger partial charge on any atom is 0.286 e. The van der Waals surface area contributed by atoms with E-state index in [9.17, 15) is 13.8 Å². The second-order valence-electron chi connectivity index (χ2n) is 13.8. The first kappa shape index (κ1) is 33.8. The lowest BCUT2D eigenvalue weighted by Crippen LogP contribution is -2.49. The van der Waals surface area contributed by atoms with Gasteiger partial charge in [-0.2, -0.15) is 0 Å². The average molecular weight is 707 g/mol. The summed E-state index contributed by atoms with van der Waals surface area (Å²) in [6.07, 6.45) is 13.5. The SMILES string of the molecule is CO[C@H]1/C=C/CCCS(=O)(NC(=O)CCc2cocn2)=NC(=O)c2ccc3c(c2)N(C[C@@H]2CC[C@H]21)C[C@@]1(CCCc2cc(Cl)ccc21)CO3. The molecule has 0 radical (unpaired) electrons. The second-order valence-corrected chi connectivity index (χ2v) is 16.3. The third kappa shape index (κ3) is 7.30. The molecule has 12 heteroatoms. The van der Waals surface area contributed by atoms with E-state index in [0.717, 1.165) is 55.9 Å². The van der Waals surface area contributed by atoms with Crippen LogP contribution in [0.15, 0.2) is 70.0 Å². The van der Waals surface area contributed by atoms with Crippen molar-refractivity contribution in [1.82, 2.24) is 9.71 Å². The van der Waals surface area contributed by atoms with Crippen LogP contribution in [0.3, 0.4) is 0 Å². The van der Waals surface area contributed by atoms with E-state index in [1.54, 1.807) is 13.2 Å². The van der Waals surface area contributed by atoms with Crippen molar-refractivity contribution in [3.8, 4) is 5.75 Å². The average Bonchev–Trinajstić information content (AvgIpc) is 3.55. The van der Waals surface area contributed by atoms with E-state index in [4.69, 9.17) is 25.5 Å². The van der Waals surface area contributed by atoms with Gasteiger partial charge in [0.25, 0.3) is 5.91 Å². The number of nitrogens with zero attached hydrogens (tertiary/aromatic N) is 3.